The Labute approximate surface area is 82.2 Å². The first-order chi connectivity index (χ1) is 2.00. The quantitative estimate of drug-likeness (QED) is 0.450. The zero-order valence-electron chi connectivity index (χ0n) is 2.69. The van der Waals surface area contributed by atoms with Crippen LogP contribution in [0.25, 0.3) is 0 Å². The summed E-state index contributed by atoms with van der Waals surface area (Å²) in [7, 11) is 0. The van der Waals surface area contributed by atoms with E-state index in [1.54, 1.807) is 0 Å². The van der Waals surface area contributed by atoms with Gasteiger partial charge >= 0.3 is 37.7 Å². The summed E-state index contributed by atoms with van der Waals surface area (Å²) in [6.07, 6.45) is 0. The van der Waals surface area contributed by atoms with Crippen LogP contribution in [0.15, 0.2) is 0 Å². The van der Waals surface area contributed by atoms with E-state index in [2.05, 4.69) is 23.7 Å². The van der Waals surface area contributed by atoms with Crippen LogP contribution < -0.4 is 9.32 Å². The van der Waals surface area contributed by atoms with Crippen molar-refractivity contribution >= 4 is 73.9 Å². The minimum Gasteiger partial charge on any atom is -0.769 e. The van der Waals surface area contributed by atoms with Crippen molar-refractivity contribution in [2.75, 3.05) is 0 Å². The molecule has 6 heavy (non-hydrogen) atoms. The van der Waals surface area contributed by atoms with E-state index in [0.717, 1.165) is 0 Å². The Morgan fingerprint density at radius 1 is 0.833 bits per heavy atom. The van der Waals surface area contributed by atoms with E-state index in [1.807, 2.05) is 0 Å². The molecule has 2 nitrogen and oxygen atoms in total. The van der Waals surface area contributed by atoms with Crippen molar-refractivity contribution in [3.05, 3.63) is 0 Å². The molecule has 0 heterocycles. The molecule has 0 aliphatic carbocycles. The number of rotatable bonds is 0. The van der Waals surface area contributed by atoms with E-state index < -0.39 is 0 Å². The summed E-state index contributed by atoms with van der Waals surface area (Å²) in [5.41, 5.74) is 0. The molecule has 0 N–H and O–H groups in total. The van der Waals surface area contributed by atoms with Gasteiger partial charge in [0.2, 0.25) is 0 Å². The van der Waals surface area contributed by atoms with Gasteiger partial charge in [-0.2, -0.15) is 0 Å². The first-order valence-corrected chi connectivity index (χ1v) is 0.926. The number of hydrogen-bond acceptors (Lipinski definition) is 2. The zero-order valence-corrected chi connectivity index (χ0v) is 7.22. The molecule has 0 aliphatic heterocycles. The fraction of sp³-hybridized carbons (Fsp3) is 0. The molecule has 0 unspecified atom stereocenters. The van der Waals surface area contributed by atoms with Crippen molar-refractivity contribution in [1.29, 1.82) is 0 Å². The van der Waals surface area contributed by atoms with Gasteiger partial charge in [-0.15, -0.1) is 12.4 Å². The first kappa shape index (κ1) is 24.4. The van der Waals surface area contributed by atoms with E-state index in [1.165, 1.54) is 0 Å². The van der Waals surface area contributed by atoms with Crippen LogP contribution in [0.1, 0.15) is 0 Å². The second-order valence-electron chi connectivity index (χ2n) is 0. The standard InChI is InChI=1S/Ca.2ClO.ClH/c;2*1-2;/h;;;1H/q+2;2*-1;. The maximum Gasteiger partial charge on any atom is 2.00 e. The van der Waals surface area contributed by atoms with Crippen molar-refractivity contribution < 1.29 is 9.32 Å². The second kappa shape index (κ2) is 61.4. The van der Waals surface area contributed by atoms with Crippen molar-refractivity contribution in [3.63, 3.8) is 0 Å². The summed E-state index contributed by atoms with van der Waals surface area (Å²) in [6, 6.07) is 0. The molecular formula is HCaCl3O2. The van der Waals surface area contributed by atoms with Crippen LogP contribution in [0.5, 0.6) is 0 Å². The Kier molecular flexibility index (Phi) is 250. The van der Waals surface area contributed by atoms with Gasteiger partial charge in [-0.1, -0.05) is 0 Å². The molecule has 0 spiro atoms. The maximum atomic E-state index is 7.72. The monoisotopic (exact) mass is 178 g/mol. The molecule has 0 bridgehead atoms. The molecule has 0 aromatic heterocycles. The molecule has 0 aromatic rings. The van der Waals surface area contributed by atoms with Crippen LogP contribution in [-0.2, 0) is 0 Å². The average Bonchev–Trinajstić information content (AvgIpc) is 1.50. The first-order valence-electron chi connectivity index (χ1n) is 0.309. The molecule has 0 atom stereocenters. The molecule has 0 aliphatic rings. The summed E-state index contributed by atoms with van der Waals surface area (Å²) < 4.78 is 15.4. The third-order valence-electron chi connectivity index (χ3n) is 0. The molecule has 0 aromatic carbocycles. The maximum absolute atomic E-state index is 7.72. The largest absolute Gasteiger partial charge is 2.00 e. The molecule has 0 fully saturated rings. The van der Waals surface area contributed by atoms with Gasteiger partial charge in [-0.25, -0.2) is 23.7 Å². The molecular weight excluding hydrogens is 178 g/mol. The van der Waals surface area contributed by atoms with Crippen LogP contribution in [-0.4, -0.2) is 37.7 Å². The summed E-state index contributed by atoms with van der Waals surface area (Å²) in [5.74, 6) is 0. The van der Waals surface area contributed by atoms with Gasteiger partial charge in [0.15, 0.2) is 0 Å². The Bertz CT molecular complexity index is 8.75. The zero-order chi connectivity index (χ0) is 4.00. The predicted molar refractivity (Wildman–Crippen MR) is 24.7 cm³/mol. The fourth-order valence-corrected chi connectivity index (χ4v) is 0. The van der Waals surface area contributed by atoms with Gasteiger partial charge < -0.3 is 9.32 Å². The van der Waals surface area contributed by atoms with E-state index in [9.17, 15) is 0 Å². The van der Waals surface area contributed by atoms with Gasteiger partial charge in [0.05, 0.1) is 0 Å². The van der Waals surface area contributed by atoms with Crippen LogP contribution in [0.4, 0.5) is 0 Å². The minimum atomic E-state index is 0. The molecule has 0 rings (SSSR count). The van der Waals surface area contributed by atoms with Gasteiger partial charge in [0.25, 0.3) is 0 Å². The van der Waals surface area contributed by atoms with Crippen molar-refractivity contribution in [1.82, 2.24) is 0 Å². The third-order valence-corrected chi connectivity index (χ3v) is 0. The summed E-state index contributed by atoms with van der Waals surface area (Å²) in [4.78, 5) is 0. The SMILES string of the molecule is Cl.[Ca+2].[O-]Cl.[O-]Cl. The van der Waals surface area contributed by atoms with Gasteiger partial charge in [0, 0.05) is 0 Å². The summed E-state index contributed by atoms with van der Waals surface area (Å²) in [5, 5.41) is 0. The summed E-state index contributed by atoms with van der Waals surface area (Å²) >= 11 is 6.78. The van der Waals surface area contributed by atoms with Crippen molar-refractivity contribution in [2.45, 2.75) is 0 Å². The van der Waals surface area contributed by atoms with Crippen molar-refractivity contribution in [3.8, 4) is 0 Å². The molecule has 0 saturated carbocycles. The van der Waals surface area contributed by atoms with Crippen LogP contribution in [0, 0.1) is 0 Å². The molecule has 6 heteroatoms. The van der Waals surface area contributed by atoms with Crippen LogP contribution >= 0.6 is 36.1 Å². The molecule has 0 saturated heterocycles. The Morgan fingerprint density at radius 2 is 0.833 bits per heavy atom. The smallest absolute Gasteiger partial charge is 0.769 e. The fourth-order valence-electron chi connectivity index (χ4n) is 0. The predicted octanol–water partition coefficient (Wildman–Crippen LogP) is -0.958. The average molecular weight is 179 g/mol. The van der Waals surface area contributed by atoms with Gasteiger partial charge in [0.1, 0.15) is 0 Å². The van der Waals surface area contributed by atoms with Crippen LogP contribution in [0.2, 0.25) is 0 Å². The Hall–Kier alpha value is 2.05. The van der Waals surface area contributed by atoms with E-state index >= 15 is 0 Å². The molecule has 36 valence electrons. The Morgan fingerprint density at radius 3 is 0.833 bits per heavy atom. The molecule has 0 radical (unpaired) electrons. The number of hydrogen-bond donors (Lipinski definition) is 0. The molecule has 0 amide bonds. The minimum absolute atomic E-state index is 0. The topological polar surface area (TPSA) is 46.1 Å². The normalized spacial score (nSPS) is 2.00. The Balaban J connectivity index is -0.00000000500. The van der Waals surface area contributed by atoms with Gasteiger partial charge in [-0.3, -0.25) is 0 Å². The number of halogens is 3. The van der Waals surface area contributed by atoms with Gasteiger partial charge in [-0.05, 0) is 0 Å². The van der Waals surface area contributed by atoms with Crippen LogP contribution in [0.3, 0.4) is 0 Å². The van der Waals surface area contributed by atoms with E-state index in [0.29, 0.717) is 0 Å². The van der Waals surface area contributed by atoms with Crippen molar-refractivity contribution in [2.24, 2.45) is 0 Å². The third kappa shape index (κ3) is 36.7. The van der Waals surface area contributed by atoms with E-state index in [-0.39, 0.29) is 50.1 Å². The summed E-state index contributed by atoms with van der Waals surface area (Å²) in [6.45, 7) is 0. The van der Waals surface area contributed by atoms with E-state index in [4.69, 9.17) is 9.32 Å². The second-order valence-corrected chi connectivity index (χ2v) is 0.